The molecule has 3 nitrogen and oxygen atoms in total. The Morgan fingerprint density at radius 3 is 2.40 bits per heavy atom. The molecule has 0 fully saturated rings. The largest absolute Gasteiger partial charge is 0.324 e. The third-order valence-electron chi connectivity index (χ3n) is 5.08. The van der Waals surface area contributed by atoms with E-state index in [2.05, 4.69) is 49.2 Å². The van der Waals surface area contributed by atoms with E-state index in [1.54, 1.807) is 0 Å². The molecule has 0 aliphatic rings. The summed E-state index contributed by atoms with van der Waals surface area (Å²) in [5, 5.41) is 3.13. The molecule has 0 saturated carbocycles. The van der Waals surface area contributed by atoms with Gasteiger partial charge in [0.2, 0.25) is 5.91 Å². The number of anilines is 1. The smallest absolute Gasteiger partial charge is 0.241 e. The van der Waals surface area contributed by atoms with Crippen molar-refractivity contribution in [2.45, 2.75) is 52.6 Å². The number of carbonyl (C=O) groups excluding carboxylic acids is 1. The molecule has 0 heterocycles. The van der Waals surface area contributed by atoms with Crippen molar-refractivity contribution in [1.29, 1.82) is 0 Å². The summed E-state index contributed by atoms with van der Waals surface area (Å²) in [5.74, 6) is 0.461. The van der Waals surface area contributed by atoms with E-state index in [1.165, 1.54) is 16.7 Å². The minimum atomic E-state index is -0.204. The summed E-state index contributed by atoms with van der Waals surface area (Å²) < 4.78 is 0. The molecule has 2 aromatic rings. The highest BCUT2D eigenvalue weighted by molar-refractivity contribution is 5.95. The minimum absolute atomic E-state index is 0.0341. The molecule has 1 amide bonds. The van der Waals surface area contributed by atoms with Crippen LogP contribution < -0.4 is 5.32 Å². The lowest BCUT2D eigenvalue weighted by Crippen LogP contribution is -2.39. The number of hydrogen-bond acceptors (Lipinski definition) is 2. The summed E-state index contributed by atoms with van der Waals surface area (Å²) in [6, 6.07) is 16.2. The van der Waals surface area contributed by atoms with Crippen molar-refractivity contribution in [1.82, 2.24) is 4.90 Å². The Morgan fingerprint density at radius 2 is 1.72 bits per heavy atom. The Bertz CT molecular complexity index is 711. The van der Waals surface area contributed by atoms with Crippen LogP contribution in [0.1, 0.15) is 49.8 Å². The van der Waals surface area contributed by atoms with E-state index in [1.807, 2.05) is 44.3 Å². The van der Waals surface area contributed by atoms with Crippen LogP contribution >= 0.6 is 0 Å². The number of aryl methyl sites for hydroxylation is 1. The van der Waals surface area contributed by atoms with Crippen molar-refractivity contribution in [3.8, 4) is 0 Å². The van der Waals surface area contributed by atoms with Gasteiger partial charge in [0.15, 0.2) is 0 Å². The average Bonchev–Trinajstić information content (AvgIpc) is 2.62. The number of carbonyl (C=O) groups is 1. The molecule has 0 aliphatic carbocycles. The molecular weight excluding hydrogens is 308 g/mol. The van der Waals surface area contributed by atoms with Gasteiger partial charge in [-0.2, -0.15) is 0 Å². The topological polar surface area (TPSA) is 32.3 Å². The fourth-order valence-electron chi connectivity index (χ4n) is 2.89. The lowest BCUT2D eigenvalue weighted by molar-refractivity contribution is -0.120. The molecule has 0 aliphatic heterocycles. The van der Waals surface area contributed by atoms with Gasteiger partial charge in [-0.15, -0.1) is 0 Å². The van der Waals surface area contributed by atoms with E-state index < -0.39 is 0 Å². The first-order valence-electron chi connectivity index (χ1n) is 9.08. The molecule has 0 saturated heterocycles. The zero-order valence-corrected chi connectivity index (χ0v) is 16.0. The molecule has 0 radical (unpaired) electrons. The van der Waals surface area contributed by atoms with Crippen molar-refractivity contribution in [2.75, 3.05) is 12.4 Å². The average molecular weight is 338 g/mol. The van der Waals surface area contributed by atoms with Crippen LogP contribution in [0.3, 0.4) is 0 Å². The summed E-state index contributed by atoms with van der Waals surface area (Å²) in [4.78, 5) is 14.8. The van der Waals surface area contributed by atoms with Gasteiger partial charge in [0.25, 0.3) is 0 Å². The van der Waals surface area contributed by atoms with Crippen LogP contribution in [0.4, 0.5) is 5.69 Å². The van der Waals surface area contributed by atoms with Crippen LogP contribution in [0.5, 0.6) is 0 Å². The zero-order chi connectivity index (χ0) is 18.4. The van der Waals surface area contributed by atoms with Crippen LogP contribution in [0, 0.1) is 6.92 Å². The van der Waals surface area contributed by atoms with Gasteiger partial charge in [0, 0.05) is 12.2 Å². The number of nitrogens with one attached hydrogen (secondary N) is 1. The highest BCUT2D eigenvalue weighted by Crippen LogP contribution is 2.26. The molecule has 2 aromatic carbocycles. The Balaban J connectivity index is 2.07. The molecule has 0 aromatic heterocycles. The van der Waals surface area contributed by atoms with E-state index in [9.17, 15) is 4.79 Å². The quantitative estimate of drug-likeness (QED) is 0.773. The molecule has 0 unspecified atom stereocenters. The first-order chi connectivity index (χ1) is 11.9. The predicted octanol–water partition coefficient (Wildman–Crippen LogP) is 4.97. The van der Waals surface area contributed by atoms with E-state index in [0.29, 0.717) is 5.92 Å². The van der Waals surface area contributed by atoms with Gasteiger partial charge in [-0.1, -0.05) is 56.3 Å². The Kier molecular flexibility index (Phi) is 6.77. The highest BCUT2D eigenvalue weighted by Gasteiger charge is 2.20. The fraction of sp³-hybridized carbons (Fsp3) is 0.409. The standard InChI is InChI=1S/C22H30N2O/c1-6-16(2)20-13-9-10-14-21(20)23-22(25)18(4)24(5)15-19-12-8-7-11-17(19)3/h7-14,16,18H,6,15H2,1-5H3,(H,23,25)/t16-,18+/m0/s1. The number of likely N-dealkylation sites (N-methyl/N-ethyl adjacent to an activating group) is 1. The zero-order valence-electron chi connectivity index (χ0n) is 16.0. The maximum atomic E-state index is 12.7. The highest BCUT2D eigenvalue weighted by atomic mass is 16.2. The van der Waals surface area contributed by atoms with Crippen molar-refractivity contribution < 1.29 is 4.79 Å². The lowest BCUT2D eigenvalue weighted by atomic mass is 9.97. The van der Waals surface area contributed by atoms with Crippen LogP contribution in [-0.4, -0.2) is 23.9 Å². The number of rotatable bonds is 7. The van der Waals surface area contributed by atoms with Gasteiger partial charge in [-0.3, -0.25) is 9.69 Å². The van der Waals surface area contributed by atoms with Crippen LogP contribution in [-0.2, 0) is 11.3 Å². The summed E-state index contributed by atoms with van der Waals surface area (Å²) in [6.45, 7) is 9.19. The summed E-state index contributed by atoms with van der Waals surface area (Å²) in [7, 11) is 2.00. The van der Waals surface area contributed by atoms with Crippen molar-refractivity contribution in [3.63, 3.8) is 0 Å². The molecule has 2 atom stereocenters. The fourth-order valence-corrected chi connectivity index (χ4v) is 2.89. The number of amides is 1. The second-order valence-corrected chi connectivity index (χ2v) is 6.90. The van der Waals surface area contributed by atoms with Gasteiger partial charge in [0.05, 0.1) is 6.04 Å². The molecule has 1 N–H and O–H groups in total. The number of hydrogen-bond donors (Lipinski definition) is 1. The van der Waals surface area contributed by atoms with E-state index in [-0.39, 0.29) is 11.9 Å². The van der Waals surface area contributed by atoms with Gasteiger partial charge in [-0.25, -0.2) is 0 Å². The number of para-hydroxylation sites is 1. The predicted molar refractivity (Wildman–Crippen MR) is 106 cm³/mol. The van der Waals surface area contributed by atoms with Crippen LogP contribution in [0.15, 0.2) is 48.5 Å². The first kappa shape index (κ1) is 19.2. The number of benzene rings is 2. The maximum Gasteiger partial charge on any atom is 0.241 e. The Hall–Kier alpha value is -2.13. The minimum Gasteiger partial charge on any atom is -0.324 e. The maximum absolute atomic E-state index is 12.7. The lowest BCUT2D eigenvalue weighted by Gasteiger charge is -2.25. The third kappa shape index (κ3) is 4.93. The Morgan fingerprint density at radius 1 is 1.08 bits per heavy atom. The van der Waals surface area contributed by atoms with Crippen LogP contribution in [0.25, 0.3) is 0 Å². The summed E-state index contributed by atoms with van der Waals surface area (Å²) >= 11 is 0. The van der Waals surface area contributed by atoms with Crippen molar-refractivity contribution in [3.05, 3.63) is 65.2 Å². The molecule has 0 bridgehead atoms. The van der Waals surface area contributed by atoms with E-state index in [0.717, 1.165) is 18.7 Å². The van der Waals surface area contributed by atoms with Gasteiger partial charge in [-0.05, 0) is 56.0 Å². The van der Waals surface area contributed by atoms with E-state index in [4.69, 9.17) is 0 Å². The Labute approximate surface area is 152 Å². The van der Waals surface area contributed by atoms with Gasteiger partial charge >= 0.3 is 0 Å². The van der Waals surface area contributed by atoms with Gasteiger partial charge < -0.3 is 5.32 Å². The molecular formula is C22H30N2O. The second-order valence-electron chi connectivity index (χ2n) is 6.90. The molecule has 25 heavy (non-hydrogen) atoms. The molecule has 0 spiro atoms. The number of nitrogens with zero attached hydrogens (tertiary/aromatic N) is 1. The summed E-state index contributed by atoms with van der Waals surface area (Å²) in [5.41, 5.74) is 4.64. The van der Waals surface area contributed by atoms with Crippen LogP contribution in [0.2, 0.25) is 0 Å². The normalized spacial score (nSPS) is 13.5. The SMILES string of the molecule is CC[C@H](C)c1ccccc1NC(=O)[C@@H](C)N(C)Cc1ccccc1C. The molecule has 3 heteroatoms. The first-order valence-corrected chi connectivity index (χ1v) is 9.08. The summed E-state index contributed by atoms with van der Waals surface area (Å²) in [6.07, 6.45) is 1.05. The molecule has 2 rings (SSSR count). The van der Waals surface area contributed by atoms with Gasteiger partial charge in [0.1, 0.15) is 0 Å². The van der Waals surface area contributed by atoms with Crippen molar-refractivity contribution >= 4 is 11.6 Å². The monoisotopic (exact) mass is 338 g/mol. The van der Waals surface area contributed by atoms with Crippen molar-refractivity contribution in [2.24, 2.45) is 0 Å². The van der Waals surface area contributed by atoms with E-state index >= 15 is 0 Å². The second kappa shape index (κ2) is 8.82. The third-order valence-corrected chi connectivity index (χ3v) is 5.08. The molecule has 134 valence electrons.